The van der Waals surface area contributed by atoms with Crippen LogP contribution in [0.4, 0.5) is 5.69 Å². The molecular formula is C20H21Cl3N2O2. The zero-order valence-corrected chi connectivity index (χ0v) is 17.2. The summed E-state index contributed by atoms with van der Waals surface area (Å²) in [5, 5.41) is 4.82. The van der Waals surface area contributed by atoms with Gasteiger partial charge in [0.1, 0.15) is 5.75 Å². The van der Waals surface area contributed by atoms with E-state index in [4.69, 9.17) is 39.5 Å². The molecule has 0 saturated carbocycles. The van der Waals surface area contributed by atoms with E-state index >= 15 is 0 Å². The second-order valence-electron chi connectivity index (χ2n) is 6.62. The molecule has 0 radical (unpaired) electrons. The first kappa shape index (κ1) is 20.3. The molecule has 1 amide bonds. The average Bonchev–Trinajstić information content (AvgIpc) is 2.65. The Balaban J connectivity index is 1.56. The van der Waals surface area contributed by atoms with Crippen molar-refractivity contribution in [2.24, 2.45) is 5.92 Å². The van der Waals surface area contributed by atoms with Crippen molar-refractivity contribution < 1.29 is 9.53 Å². The molecule has 144 valence electrons. The number of ether oxygens (including phenoxy) is 1. The summed E-state index contributed by atoms with van der Waals surface area (Å²) in [7, 11) is 1.57. The molecule has 0 spiro atoms. The van der Waals surface area contributed by atoms with Crippen LogP contribution in [0.5, 0.6) is 5.75 Å². The van der Waals surface area contributed by atoms with Gasteiger partial charge in [0.05, 0.1) is 12.8 Å². The van der Waals surface area contributed by atoms with E-state index in [0.29, 0.717) is 26.5 Å². The average molecular weight is 428 g/mol. The predicted octanol–water partition coefficient (Wildman–Crippen LogP) is 5.51. The van der Waals surface area contributed by atoms with Gasteiger partial charge >= 0.3 is 0 Å². The number of rotatable bonds is 5. The van der Waals surface area contributed by atoms with Crippen LogP contribution in [-0.2, 0) is 11.3 Å². The predicted molar refractivity (Wildman–Crippen MR) is 111 cm³/mol. The molecule has 1 fully saturated rings. The summed E-state index contributed by atoms with van der Waals surface area (Å²) in [6, 6.07) is 10.7. The van der Waals surface area contributed by atoms with E-state index in [1.54, 1.807) is 31.4 Å². The lowest BCUT2D eigenvalue weighted by atomic mass is 9.95. The number of nitrogens with one attached hydrogen (secondary N) is 1. The number of nitrogens with zero attached hydrogens (tertiary/aromatic N) is 1. The fraction of sp³-hybridized carbons (Fsp3) is 0.350. The minimum atomic E-state index is -0.0365. The molecular weight excluding hydrogens is 407 g/mol. The van der Waals surface area contributed by atoms with Gasteiger partial charge < -0.3 is 10.1 Å². The summed E-state index contributed by atoms with van der Waals surface area (Å²) in [5.41, 5.74) is 1.65. The van der Waals surface area contributed by atoms with Crippen LogP contribution < -0.4 is 10.1 Å². The fourth-order valence-electron chi connectivity index (χ4n) is 3.26. The monoisotopic (exact) mass is 426 g/mol. The third kappa shape index (κ3) is 5.29. The number of hydrogen-bond acceptors (Lipinski definition) is 3. The third-order valence-corrected chi connectivity index (χ3v) is 5.61. The van der Waals surface area contributed by atoms with Crippen molar-refractivity contribution in [1.82, 2.24) is 4.90 Å². The summed E-state index contributed by atoms with van der Waals surface area (Å²) >= 11 is 18.2. The van der Waals surface area contributed by atoms with Crippen molar-refractivity contribution >= 4 is 46.4 Å². The lowest BCUT2D eigenvalue weighted by molar-refractivity contribution is -0.121. The van der Waals surface area contributed by atoms with Gasteiger partial charge in [0, 0.05) is 27.5 Å². The van der Waals surface area contributed by atoms with Gasteiger partial charge in [0.2, 0.25) is 5.91 Å². The number of anilines is 1. The Bertz CT molecular complexity index is 821. The second kappa shape index (κ2) is 9.16. The Morgan fingerprint density at radius 3 is 2.44 bits per heavy atom. The molecule has 1 aliphatic heterocycles. The smallest absolute Gasteiger partial charge is 0.227 e. The number of piperidine rings is 1. The summed E-state index contributed by atoms with van der Waals surface area (Å²) in [6.07, 6.45) is 1.58. The molecule has 7 heteroatoms. The first-order valence-electron chi connectivity index (χ1n) is 8.77. The molecule has 0 unspecified atom stereocenters. The van der Waals surface area contributed by atoms with Crippen molar-refractivity contribution in [3.05, 3.63) is 57.0 Å². The highest BCUT2D eigenvalue weighted by Crippen LogP contribution is 2.30. The number of methoxy groups -OCH3 is 1. The highest BCUT2D eigenvalue weighted by atomic mass is 35.5. The molecule has 1 heterocycles. The number of carbonyl (C=O) groups excluding carboxylic acids is 1. The van der Waals surface area contributed by atoms with Gasteiger partial charge in [-0.3, -0.25) is 9.69 Å². The quantitative estimate of drug-likeness (QED) is 0.684. The van der Waals surface area contributed by atoms with Gasteiger partial charge in [-0.15, -0.1) is 0 Å². The van der Waals surface area contributed by atoms with Crippen molar-refractivity contribution in [1.29, 1.82) is 0 Å². The van der Waals surface area contributed by atoms with Crippen LogP contribution in [0.25, 0.3) is 0 Å². The van der Waals surface area contributed by atoms with Crippen molar-refractivity contribution in [3.8, 4) is 5.75 Å². The Morgan fingerprint density at radius 1 is 1.11 bits per heavy atom. The van der Waals surface area contributed by atoms with E-state index in [0.717, 1.165) is 38.0 Å². The maximum atomic E-state index is 12.6. The molecule has 0 aliphatic carbocycles. The van der Waals surface area contributed by atoms with E-state index in [2.05, 4.69) is 10.2 Å². The lowest BCUT2D eigenvalue weighted by Gasteiger charge is -2.31. The van der Waals surface area contributed by atoms with Crippen LogP contribution in [0.3, 0.4) is 0 Å². The van der Waals surface area contributed by atoms with Crippen molar-refractivity contribution in [2.45, 2.75) is 19.4 Å². The summed E-state index contributed by atoms with van der Waals surface area (Å²) in [5.74, 6) is 0.563. The van der Waals surface area contributed by atoms with Gasteiger partial charge in [-0.25, -0.2) is 0 Å². The van der Waals surface area contributed by atoms with Crippen molar-refractivity contribution in [2.75, 3.05) is 25.5 Å². The fourth-order valence-corrected chi connectivity index (χ4v) is 3.90. The zero-order chi connectivity index (χ0) is 19.4. The first-order valence-corrected chi connectivity index (χ1v) is 9.90. The van der Waals surface area contributed by atoms with E-state index in [1.807, 2.05) is 12.1 Å². The van der Waals surface area contributed by atoms with E-state index in [1.165, 1.54) is 0 Å². The molecule has 27 heavy (non-hydrogen) atoms. The Kier molecular flexibility index (Phi) is 6.88. The molecule has 2 aromatic carbocycles. The number of amides is 1. The van der Waals surface area contributed by atoms with Crippen LogP contribution >= 0.6 is 34.8 Å². The SMILES string of the molecule is COc1ccc(Cl)cc1NC(=O)C1CCN(Cc2ccc(Cl)cc2Cl)CC1. The van der Waals surface area contributed by atoms with Gasteiger partial charge in [0.25, 0.3) is 0 Å². The van der Waals surface area contributed by atoms with E-state index < -0.39 is 0 Å². The highest BCUT2D eigenvalue weighted by Gasteiger charge is 2.26. The maximum Gasteiger partial charge on any atom is 0.227 e. The van der Waals surface area contributed by atoms with Crippen LogP contribution in [0.2, 0.25) is 15.1 Å². The summed E-state index contributed by atoms with van der Waals surface area (Å²) in [6.45, 7) is 2.43. The minimum absolute atomic E-state index is 0.000239. The topological polar surface area (TPSA) is 41.6 Å². The Hall–Kier alpha value is -1.46. The number of hydrogen-bond donors (Lipinski definition) is 1. The molecule has 4 nitrogen and oxygen atoms in total. The number of likely N-dealkylation sites (tertiary alicyclic amines) is 1. The Labute approximate surface area is 174 Å². The number of halogens is 3. The van der Waals surface area contributed by atoms with Gasteiger partial charge in [-0.05, 0) is 61.8 Å². The minimum Gasteiger partial charge on any atom is -0.495 e. The highest BCUT2D eigenvalue weighted by molar-refractivity contribution is 6.35. The number of benzene rings is 2. The van der Waals surface area contributed by atoms with E-state index in [-0.39, 0.29) is 11.8 Å². The molecule has 1 N–H and O–H groups in total. The molecule has 0 atom stereocenters. The van der Waals surface area contributed by atoms with Crippen LogP contribution in [-0.4, -0.2) is 31.0 Å². The first-order chi connectivity index (χ1) is 13.0. The molecule has 1 aliphatic rings. The molecule has 1 saturated heterocycles. The van der Waals surface area contributed by atoms with E-state index in [9.17, 15) is 4.79 Å². The zero-order valence-electron chi connectivity index (χ0n) is 15.0. The van der Waals surface area contributed by atoms with Gasteiger partial charge in [-0.2, -0.15) is 0 Å². The van der Waals surface area contributed by atoms with Gasteiger partial charge in [0.15, 0.2) is 0 Å². The number of carbonyl (C=O) groups is 1. The summed E-state index contributed by atoms with van der Waals surface area (Å²) < 4.78 is 5.29. The van der Waals surface area contributed by atoms with Crippen LogP contribution in [0, 0.1) is 5.92 Å². The molecule has 0 aromatic heterocycles. The van der Waals surface area contributed by atoms with Crippen molar-refractivity contribution in [3.63, 3.8) is 0 Å². The van der Waals surface area contributed by atoms with Crippen LogP contribution in [0.1, 0.15) is 18.4 Å². The normalized spacial score (nSPS) is 15.6. The largest absolute Gasteiger partial charge is 0.495 e. The standard InChI is InChI=1S/C20H21Cl3N2O2/c1-27-19-5-4-16(22)11-18(19)24-20(26)13-6-8-25(9-7-13)12-14-2-3-15(21)10-17(14)23/h2-5,10-11,13H,6-9,12H2,1H3,(H,24,26). The van der Waals surface area contributed by atoms with Gasteiger partial charge in [-0.1, -0.05) is 40.9 Å². The second-order valence-corrected chi connectivity index (χ2v) is 7.90. The maximum absolute atomic E-state index is 12.6. The molecule has 0 bridgehead atoms. The molecule has 2 aromatic rings. The Morgan fingerprint density at radius 2 is 1.78 bits per heavy atom. The molecule has 3 rings (SSSR count). The third-order valence-electron chi connectivity index (χ3n) is 4.79. The van der Waals surface area contributed by atoms with Crippen LogP contribution in [0.15, 0.2) is 36.4 Å². The lowest BCUT2D eigenvalue weighted by Crippen LogP contribution is -2.37. The summed E-state index contributed by atoms with van der Waals surface area (Å²) in [4.78, 5) is 14.9.